The molecule has 94 valence electrons. The molecule has 2 rings (SSSR count). The molecule has 2 aliphatic rings. The number of rotatable bonds is 1. The van der Waals surface area contributed by atoms with Crippen LogP contribution in [0.4, 0.5) is 4.79 Å². The lowest BCUT2D eigenvalue weighted by atomic mass is 10.1. The highest BCUT2D eigenvalue weighted by Gasteiger charge is 2.20. The van der Waals surface area contributed by atoms with Crippen LogP contribution in [0.15, 0.2) is 0 Å². The zero-order valence-corrected chi connectivity index (χ0v) is 10.3. The van der Waals surface area contributed by atoms with E-state index in [1.807, 2.05) is 4.90 Å². The van der Waals surface area contributed by atoms with Gasteiger partial charge in [0.05, 0.1) is 0 Å². The van der Waals surface area contributed by atoms with Crippen molar-refractivity contribution in [3.8, 4) is 0 Å². The zero-order valence-electron chi connectivity index (χ0n) is 9.50. The van der Waals surface area contributed by atoms with Crippen molar-refractivity contribution in [2.45, 2.75) is 18.9 Å². The minimum atomic E-state index is 0. The van der Waals surface area contributed by atoms with Crippen LogP contribution in [0.25, 0.3) is 0 Å². The Labute approximate surface area is 103 Å². The van der Waals surface area contributed by atoms with Crippen molar-refractivity contribution in [3.05, 3.63) is 0 Å². The van der Waals surface area contributed by atoms with Gasteiger partial charge in [-0.25, -0.2) is 4.79 Å². The number of piperazine rings is 1. The van der Waals surface area contributed by atoms with Crippen LogP contribution in [-0.2, 0) is 0 Å². The summed E-state index contributed by atoms with van der Waals surface area (Å²) in [5.41, 5.74) is 0. The second-order valence-corrected chi connectivity index (χ2v) is 4.21. The van der Waals surface area contributed by atoms with E-state index >= 15 is 0 Å². The average molecular weight is 249 g/mol. The van der Waals surface area contributed by atoms with E-state index in [1.165, 1.54) is 0 Å². The quantitative estimate of drug-likeness (QED) is 0.601. The molecule has 3 N–H and O–H groups in total. The fraction of sp³-hybridized carbons (Fsp3) is 0.900. The first-order chi connectivity index (χ1) is 7.36. The van der Waals surface area contributed by atoms with E-state index in [1.54, 1.807) is 0 Å². The van der Waals surface area contributed by atoms with Crippen LogP contribution in [0, 0.1) is 0 Å². The number of carbonyl (C=O) groups excluding carboxylic acids is 1. The van der Waals surface area contributed by atoms with Gasteiger partial charge in [0.2, 0.25) is 0 Å². The largest absolute Gasteiger partial charge is 0.335 e. The lowest BCUT2D eigenvalue weighted by Gasteiger charge is -2.31. The van der Waals surface area contributed by atoms with E-state index in [-0.39, 0.29) is 18.4 Å². The molecule has 0 atom stereocenters. The van der Waals surface area contributed by atoms with Crippen molar-refractivity contribution in [1.82, 2.24) is 20.9 Å². The number of amides is 2. The van der Waals surface area contributed by atoms with Crippen molar-refractivity contribution in [2.75, 3.05) is 39.3 Å². The monoisotopic (exact) mass is 248 g/mol. The summed E-state index contributed by atoms with van der Waals surface area (Å²) in [4.78, 5) is 13.7. The van der Waals surface area contributed by atoms with Crippen LogP contribution in [-0.4, -0.2) is 56.2 Å². The molecule has 0 radical (unpaired) electrons. The molecule has 2 amide bonds. The van der Waals surface area contributed by atoms with E-state index in [2.05, 4.69) is 16.0 Å². The summed E-state index contributed by atoms with van der Waals surface area (Å²) in [6, 6.07) is 0.483. The maximum absolute atomic E-state index is 11.8. The number of piperidine rings is 1. The molecule has 0 aliphatic carbocycles. The van der Waals surface area contributed by atoms with E-state index in [4.69, 9.17) is 0 Å². The summed E-state index contributed by atoms with van der Waals surface area (Å²) in [5.74, 6) is 0. The third-order valence-electron chi connectivity index (χ3n) is 3.07. The van der Waals surface area contributed by atoms with E-state index in [0.29, 0.717) is 6.04 Å². The Morgan fingerprint density at radius 3 is 2.25 bits per heavy atom. The van der Waals surface area contributed by atoms with Crippen molar-refractivity contribution in [2.24, 2.45) is 0 Å². The van der Waals surface area contributed by atoms with Gasteiger partial charge < -0.3 is 20.9 Å². The Bertz CT molecular complexity index is 215. The Balaban J connectivity index is 0.00000128. The summed E-state index contributed by atoms with van der Waals surface area (Å²) in [5, 5.41) is 9.64. The third-order valence-corrected chi connectivity index (χ3v) is 3.07. The third kappa shape index (κ3) is 3.81. The standard InChI is InChI=1S/C10H20N4O.ClH/c15-10(14-7-5-12-6-8-14)13-9-1-3-11-4-2-9;/h9,11-12H,1-8H2,(H,13,15);1H. The van der Waals surface area contributed by atoms with Crippen molar-refractivity contribution in [3.63, 3.8) is 0 Å². The lowest BCUT2D eigenvalue weighted by Crippen LogP contribution is -2.53. The van der Waals surface area contributed by atoms with Crippen LogP contribution in [0.2, 0.25) is 0 Å². The molecule has 6 heteroatoms. The summed E-state index contributed by atoms with van der Waals surface area (Å²) < 4.78 is 0. The molecule has 0 bridgehead atoms. The topological polar surface area (TPSA) is 56.4 Å². The fourth-order valence-corrected chi connectivity index (χ4v) is 2.10. The smallest absolute Gasteiger partial charge is 0.317 e. The molecule has 0 aromatic carbocycles. The molecular weight excluding hydrogens is 228 g/mol. The number of hydrogen-bond acceptors (Lipinski definition) is 3. The van der Waals surface area contributed by atoms with Gasteiger partial charge in [0.15, 0.2) is 0 Å². The summed E-state index contributed by atoms with van der Waals surface area (Å²) >= 11 is 0. The van der Waals surface area contributed by atoms with Crippen LogP contribution in [0.5, 0.6) is 0 Å². The molecular formula is C10H21ClN4O. The number of halogens is 1. The summed E-state index contributed by atoms with van der Waals surface area (Å²) in [6.07, 6.45) is 2.11. The number of hydrogen-bond donors (Lipinski definition) is 3. The molecule has 16 heavy (non-hydrogen) atoms. The molecule has 2 aliphatic heterocycles. The zero-order chi connectivity index (χ0) is 10.5. The Morgan fingerprint density at radius 2 is 1.62 bits per heavy atom. The molecule has 2 fully saturated rings. The number of carbonyl (C=O) groups is 1. The minimum absolute atomic E-state index is 0. The Hall–Kier alpha value is -0.520. The van der Waals surface area contributed by atoms with Crippen molar-refractivity contribution < 1.29 is 4.79 Å². The van der Waals surface area contributed by atoms with Gasteiger partial charge >= 0.3 is 6.03 Å². The van der Waals surface area contributed by atoms with Crippen LogP contribution < -0.4 is 16.0 Å². The van der Waals surface area contributed by atoms with E-state index < -0.39 is 0 Å². The molecule has 0 aromatic rings. The van der Waals surface area contributed by atoms with Gasteiger partial charge in [-0.15, -0.1) is 12.4 Å². The van der Waals surface area contributed by atoms with Crippen LogP contribution in [0.3, 0.4) is 0 Å². The van der Waals surface area contributed by atoms with Crippen molar-refractivity contribution >= 4 is 18.4 Å². The first-order valence-corrected chi connectivity index (χ1v) is 5.83. The molecule has 0 spiro atoms. The maximum atomic E-state index is 11.8. The molecule has 5 nitrogen and oxygen atoms in total. The van der Waals surface area contributed by atoms with Gasteiger partial charge in [0.1, 0.15) is 0 Å². The van der Waals surface area contributed by atoms with Gasteiger partial charge in [-0.3, -0.25) is 0 Å². The van der Waals surface area contributed by atoms with Gasteiger partial charge in [-0.1, -0.05) is 0 Å². The van der Waals surface area contributed by atoms with Gasteiger partial charge in [-0.2, -0.15) is 0 Å². The molecule has 0 saturated carbocycles. The summed E-state index contributed by atoms with van der Waals surface area (Å²) in [6.45, 7) is 5.53. The summed E-state index contributed by atoms with van der Waals surface area (Å²) in [7, 11) is 0. The first-order valence-electron chi connectivity index (χ1n) is 5.83. The highest BCUT2D eigenvalue weighted by atomic mass is 35.5. The molecule has 0 aromatic heterocycles. The Kier molecular flexibility index (Phi) is 5.87. The Morgan fingerprint density at radius 1 is 1.06 bits per heavy atom. The number of nitrogens with one attached hydrogen (secondary N) is 3. The normalized spacial score (nSPS) is 22.4. The highest BCUT2D eigenvalue weighted by molar-refractivity contribution is 5.85. The number of nitrogens with zero attached hydrogens (tertiary/aromatic N) is 1. The van der Waals surface area contributed by atoms with E-state index in [9.17, 15) is 4.79 Å². The maximum Gasteiger partial charge on any atom is 0.317 e. The van der Waals surface area contributed by atoms with E-state index in [0.717, 1.165) is 52.1 Å². The average Bonchev–Trinajstić information content (AvgIpc) is 2.31. The van der Waals surface area contributed by atoms with Crippen LogP contribution in [0.1, 0.15) is 12.8 Å². The van der Waals surface area contributed by atoms with Crippen molar-refractivity contribution in [1.29, 1.82) is 0 Å². The second kappa shape index (κ2) is 6.93. The fourth-order valence-electron chi connectivity index (χ4n) is 2.10. The van der Waals surface area contributed by atoms with Crippen LogP contribution >= 0.6 is 12.4 Å². The molecule has 2 heterocycles. The minimum Gasteiger partial charge on any atom is -0.335 e. The van der Waals surface area contributed by atoms with Gasteiger partial charge in [-0.05, 0) is 25.9 Å². The molecule has 0 unspecified atom stereocenters. The number of urea groups is 1. The van der Waals surface area contributed by atoms with Gasteiger partial charge in [0.25, 0.3) is 0 Å². The predicted molar refractivity (Wildman–Crippen MR) is 66.1 cm³/mol. The SMILES string of the molecule is Cl.O=C(NC1CCNCC1)N1CCNCC1. The molecule has 2 saturated heterocycles. The van der Waals surface area contributed by atoms with Gasteiger partial charge in [0, 0.05) is 32.2 Å². The predicted octanol–water partition coefficient (Wildman–Crippen LogP) is -0.225. The lowest BCUT2D eigenvalue weighted by molar-refractivity contribution is 0.183. The highest BCUT2D eigenvalue weighted by Crippen LogP contribution is 2.03. The second-order valence-electron chi connectivity index (χ2n) is 4.21. The first kappa shape index (κ1) is 13.5.